The van der Waals surface area contributed by atoms with Gasteiger partial charge in [-0.05, 0) is 30.7 Å². The molecular weight excluding hydrogens is 273 g/mol. The maximum atomic E-state index is 12.8. The number of hydrogen-bond donors (Lipinski definition) is 1. The summed E-state index contributed by atoms with van der Waals surface area (Å²) in [5.74, 6) is -0.308. The van der Waals surface area contributed by atoms with Crippen molar-refractivity contribution in [1.82, 2.24) is 9.80 Å². The minimum atomic E-state index is -0.308. The molecule has 0 aromatic heterocycles. The number of carbonyl (C=O) groups is 1. The van der Waals surface area contributed by atoms with Crippen LogP contribution in [0.1, 0.15) is 6.42 Å². The molecule has 0 atom stereocenters. The van der Waals surface area contributed by atoms with E-state index >= 15 is 0 Å². The molecule has 21 heavy (non-hydrogen) atoms. The number of anilines is 1. The normalized spacial score (nSPS) is 16.0. The Balaban J connectivity index is 1.74. The molecule has 5 nitrogen and oxygen atoms in total. The van der Waals surface area contributed by atoms with E-state index in [1.54, 1.807) is 24.1 Å². The first-order valence-electron chi connectivity index (χ1n) is 7.22. The van der Waals surface area contributed by atoms with Crippen LogP contribution in [-0.2, 0) is 4.74 Å². The molecule has 0 spiro atoms. The first-order valence-corrected chi connectivity index (χ1v) is 7.22. The molecular formula is C15H22FN3O2. The van der Waals surface area contributed by atoms with Crippen molar-refractivity contribution in [2.24, 2.45) is 0 Å². The first-order chi connectivity index (χ1) is 10.2. The number of benzene rings is 1. The van der Waals surface area contributed by atoms with Gasteiger partial charge in [-0.1, -0.05) is 0 Å². The van der Waals surface area contributed by atoms with E-state index in [-0.39, 0.29) is 11.8 Å². The van der Waals surface area contributed by atoms with Crippen LogP contribution in [0.25, 0.3) is 0 Å². The molecule has 116 valence electrons. The van der Waals surface area contributed by atoms with E-state index in [0.29, 0.717) is 18.8 Å². The molecule has 6 heteroatoms. The van der Waals surface area contributed by atoms with Gasteiger partial charge in [0.15, 0.2) is 0 Å². The zero-order chi connectivity index (χ0) is 15.1. The van der Waals surface area contributed by atoms with E-state index in [1.807, 2.05) is 0 Å². The highest BCUT2D eigenvalue weighted by molar-refractivity contribution is 5.89. The zero-order valence-corrected chi connectivity index (χ0v) is 12.3. The summed E-state index contributed by atoms with van der Waals surface area (Å²) >= 11 is 0. The predicted molar refractivity (Wildman–Crippen MR) is 79.9 cm³/mol. The van der Waals surface area contributed by atoms with Gasteiger partial charge in [-0.15, -0.1) is 0 Å². The van der Waals surface area contributed by atoms with E-state index in [2.05, 4.69) is 10.2 Å². The molecule has 2 rings (SSSR count). The lowest BCUT2D eigenvalue weighted by Gasteiger charge is -2.34. The third-order valence-corrected chi connectivity index (χ3v) is 3.58. The zero-order valence-electron chi connectivity index (χ0n) is 12.3. The lowest BCUT2D eigenvalue weighted by molar-refractivity contribution is 0.130. The van der Waals surface area contributed by atoms with Gasteiger partial charge in [0, 0.05) is 52.1 Å². The molecule has 1 N–H and O–H groups in total. The average Bonchev–Trinajstić information content (AvgIpc) is 2.50. The molecule has 2 amide bonds. The van der Waals surface area contributed by atoms with Crippen molar-refractivity contribution >= 4 is 11.7 Å². The Bertz CT molecular complexity index is 445. The number of piperazine rings is 1. The number of nitrogens with one attached hydrogen (secondary N) is 1. The topological polar surface area (TPSA) is 44.8 Å². The SMILES string of the molecule is COCCCN1CCN(C(=O)Nc2ccc(F)cc2)CC1. The van der Waals surface area contributed by atoms with Crippen LogP contribution in [0.5, 0.6) is 0 Å². The number of urea groups is 1. The molecule has 1 aliphatic rings. The Morgan fingerprint density at radius 2 is 1.90 bits per heavy atom. The molecule has 0 bridgehead atoms. The number of hydrogen-bond acceptors (Lipinski definition) is 3. The van der Waals surface area contributed by atoms with Crippen molar-refractivity contribution in [2.75, 3.05) is 51.8 Å². The van der Waals surface area contributed by atoms with E-state index in [4.69, 9.17) is 4.74 Å². The third-order valence-electron chi connectivity index (χ3n) is 3.58. The van der Waals surface area contributed by atoms with Crippen LogP contribution < -0.4 is 5.32 Å². The molecule has 0 saturated carbocycles. The molecule has 1 aromatic carbocycles. The first kappa shape index (κ1) is 15.7. The van der Waals surface area contributed by atoms with Crippen LogP contribution in [0.3, 0.4) is 0 Å². The predicted octanol–water partition coefficient (Wildman–Crippen LogP) is 2.01. The summed E-state index contributed by atoms with van der Waals surface area (Å²) in [4.78, 5) is 16.2. The van der Waals surface area contributed by atoms with E-state index < -0.39 is 0 Å². The maximum Gasteiger partial charge on any atom is 0.321 e. The molecule has 0 unspecified atom stereocenters. The van der Waals surface area contributed by atoms with Crippen LogP contribution in [0.4, 0.5) is 14.9 Å². The van der Waals surface area contributed by atoms with Crippen LogP contribution >= 0.6 is 0 Å². The summed E-state index contributed by atoms with van der Waals surface area (Å²) < 4.78 is 17.9. The van der Waals surface area contributed by atoms with Gasteiger partial charge in [-0.2, -0.15) is 0 Å². The van der Waals surface area contributed by atoms with Crippen molar-refractivity contribution in [3.8, 4) is 0 Å². The molecule has 1 fully saturated rings. The summed E-state index contributed by atoms with van der Waals surface area (Å²) in [6.07, 6.45) is 1.01. The average molecular weight is 295 g/mol. The standard InChI is InChI=1S/C15H22FN3O2/c1-21-12-2-7-18-8-10-19(11-9-18)15(20)17-14-5-3-13(16)4-6-14/h3-6H,2,7-12H2,1H3,(H,17,20). The molecule has 1 aliphatic heterocycles. The molecule has 1 heterocycles. The largest absolute Gasteiger partial charge is 0.385 e. The van der Waals surface area contributed by atoms with E-state index in [9.17, 15) is 9.18 Å². The highest BCUT2D eigenvalue weighted by Crippen LogP contribution is 2.10. The Labute approximate surface area is 124 Å². The van der Waals surface area contributed by atoms with Gasteiger partial charge >= 0.3 is 6.03 Å². The quantitative estimate of drug-likeness (QED) is 0.845. The minimum Gasteiger partial charge on any atom is -0.385 e. The van der Waals surface area contributed by atoms with Gasteiger partial charge < -0.3 is 15.0 Å². The number of halogens is 1. The molecule has 1 saturated heterocycles. The van der Waals surface area contributed by atoms with Crippen LogP contribution in [0.2, 0.25) is 0 Å². The maximum absolute atomic E-state index is 12.8. The number of methoxy groups -OCH3 is 1. The fraction of sp³-hybridized carbons (Fsp3) is 0.533. The van der Waals surface area contributed by atoms with E-state index in [0.717, 1.165) is 32.7 Å². The number of carbonyl (C=O) groups excluding carboxylic acids is 1. The van der Waals surface area contributed by atoms with Crippen molar-refractivity contribution in [2.45, 2.75) is 6.42 Å². The second kappa shape index (κ2) is 7.95. The molecule has 0 radical (unpaired) electrons. The highest BCUT2D eigenvalue weighted by Gasteiger charge is 2.20. The van der Waals surface area contributed by atoms with Crippen molar-refractivity contribution in [3.63, 3.8) is 0 Å². The highest BCUT2D eigenvalue weighted by atomic mass is 19.1. The Morgan fingerprint density at radius 3 is 2.52 bits per heavy atom. The Morgan fingerprint density at radius 1 is 1.24 bits per heavy atom. The van der Waals surface area contributed by atoms with Crippen molar-refractivity contribution in [3.05, 3.63) is 30.1 Å². The lowest BCUT2D eigenvalue weighted by Crippen LogP contribution is -2.50. The minimum absolute atomic E-state index is 0.127. The third kappa shape index (κ3) is 4.99. The van der Waals surface area contributed by atoms with Gasteiger partial charge in [-0.3, -0.25) is 4.90 Å². The fourth-order valence-electron chi connectivity index (χ4n) is 2.34. The van der Waals surface area contributed by atoms with Crippen molar-refractivity contribution < 1.29 is 13.9 Å². The number of amides is 2. The smallest absolute Gasteiger partial charge is 0.321 e. The van der Waals surface area contributed by atoms with Crippen molar-refractivity contribution in [1.29, 1.82) is 0 Å². The van der Waals surface area contributed by atoms with Crippen LogP contribution in [-0.4, -0.2) is 62.3 Å². The van der Waals surface area contributed by atoms with Crippen LogP contribution in [0, 0.1) is 5.82 Å². The number of rotatable bonds is 5. The second-order valence-electron chi connectivity index (χ2n) is 5.11. The van der Waals surface area contributed by atoms with Gasteiger partial charge in [0.25, 0.3) is 0 Å². The van der Waals surface area contributed by atoms with Gasteiger partial charge in [0.2, 0.25) is 0 Å². The summed E-state index contributed by atoms with van der Waals surface area (Å²) in [7, 11) is 1.71. The van der Waals surface area contributed by atoms with Gasteiger partial charge in [0.1, 0.15) is 5.82 Å². The molecule has 0 aliphatic carbocycles. The molecule has 1 aromatic rings. The summed E-state index contributed by atoms with van der Waals surface area (Å²) in [6, 6.07) is 5.67. The summed E-state index contributed by atoms with van der Waals surface area (Å²) in [5, 5.41) is 2.79. The second-order valence-corrected chi connectivity index (χ2v) is 5.11. The Hall–Kier alpha value is -1.66. The summed E-state index contributed by atoms with van der Waals surface area (Å²) in [5.41, 5.74) is 0.615. The van der Waals surface area contributed by atoms with Gasteiger partial charge in [0.05, 0.1) is 0 Å². The lowest BCUT2D eigenvalue weighted by atomic mass is 10.3. The fourth-order valence-corrected chi connectivity index (χ4v) is 2.34. The number of ether oxygens (including phenoxy) is 1. The number of nitrogens with zero attached hydrogens (tertiary/aromatic N) is 2. The van der Waals surface area contributed by atoms with E-state index in [1.165, 1.54) is 12.1 Å². The monoisotopic (exact) mass is 295 g/mol. The van der Waals surface area contributed by atoms with Gasteiger partial charge in [-0.25, -0.2) is 9.18 Å². The summed E-state index contributed by atoms with van der Waals surface area (Å²) in [6.45, 7) is 4.94. The van der Waals surface area contributed by atoms with Crippen LogP contribution in [0.15, 0.2) is 24.3 Å². The Kier molecular flexibility index (Phi) is 5.95.